The lowest BCUT2D eigenvalue weighted by molar-refractivity contribution is -0.143. The fraction of sp³-hybridized carbons (Fsp3) is 0.474. The van der Waals surface area contributed by atoms with Gasteiger partial charge in [-0.05, 0) is 45.4 Å². The summed E-state index contributed by atoms with van der Waals surface area (Å²) in [5, 5.41) is 2.44. The van der Waals surface area contributed by atoms with Crippen LogP contribution in [0, 0.1) is 0 Å². The molecule has 1 aromatic carbocycles. The number of halogens is 3. The van der Waals surface area contributed by atoms with Crippen LogP contribution in [0.2, 0.25) is 0 Å². The minimum Gasteiger partial charge on any atom is -0.467 e. The third-order valence-corrected chi connectivity index (χ3v) is 3.51. The topological polar surface area (TPSA) is 64.6 Å². The van der Waals surface area contributed by atoms with Crippen LogP contribution >= 0.6 is 0 Å². The Hall–Kier alpha value is -2.51. The highest BCUT2D eigenvalue weighted by Crippen LogP contribution is 2.31. The summed E-state index contributed by atoms with van der Waals surface area (Å²) in [4.78, 5) is 24.3. The monoisotopic (exact) mass is 387 g/mol. The molecule has 1 rings (SSSR count). The molecule has 150 valence electrons. The maximum Gasteiger partial charge on any atom is 0.416 e. The normalized spacial score (nSPS) is 14.5. The Balaban J connectivity index is 3.20. The Kier molecular flexibility index (Phi) is 7.45. The van der Waals surface area contributed by atoms with Gasteiger partial charge in [-0.2, -0.15) is 13.2 Å². The Bertz CT molecular complexity index is 676. The van der Waals surface area contributed by atoms with Crippen LogP contribution in [0.5, 0.6) is 0 Å². The van der Waals surface area contributed by atoms with Crippen molar-refractivity contribution in [3.63, 3.8) is 0 Å². The molecule has 1 aromatic rings. The summed E-state index contributed by atoms with van der Waals surface area (Å²) >= 11 is 0. The fourth-order valence-corrected chi connectivity index (χ4v) is 2.37. The van der Waals surface area contributed by atoms with Gasteiger partial charge in [-0.25, -0.2) is 9.59 Å². The molecule has 27 heavy (non-hydrogen) atoms. The van der Waals surface area contributed by atoms with Gasteiger partial charge in [-0.3, -0.25) is 0 Å². The molecule has 0 unspecified atom stereocenters. The zero-order valence-electron chi connectivity index (χ0n) is 15.9. The molecule has 0 radical (unpaired) electrons. The number of nitrogens with one attached hydrogen (secondary N) is 1. The van der Waals surface area contributed by atoms with Crippen molar-refractivity contribution in [2.75, 3.05) is 7.11 Å². The molecule has 2 atom stereocenters. The summed E-state index contributed by atoms with van der Waals surface area (Å²) in [6.07, 6.45) is -2.07. The molecule has 0 spiro atoms. The van der Waals surface area contributed by atoms with Crippen molar-refractivity contribution < 1.29 is 32.2 Å². The van der Waals surface area contributed by atoms with Crippen LogP contribution in [-0.4, -0.2) is 30.8 Å². The second-order valence-corrected chi connectivity index (χ2v) is 6.82. The number of carbonyl (C=O) groups is 2. The van der Waals surface area contributed by atoms with E-state index in [0.29, 0.717) is 5.56 Å². The molecule has 0 heterocycles. The summed E-state index contributed by atoms with van der Waals surface area (Å²) in [5.74, 6) is -1.49. The molecule has 1 N–H and O–H groups in total. The molecular formula is C19H24F3NO4. The number of hydrogen-bond acceptors (Lipinski definition) is 4. The number of methoxy groups -OCH3 is 1. The average molecular weight is 387 g/mol. The van der Waals surface area contributed by atoms with Crippen LogP contribution in [0.25, 0.3) is 0 Å². The SMILES string of the molecule is C/C=C/[C@@H](c1ccc(C(F)(F)F)cc1)[C@H](NC(=O)OC(C)(C)C)C(=O)OC. The van der Waals surface area contributed by atoms with E-state index in [0.717, 1.165) is 19.2 Å². The van der Waals surface area contributed by atoms with Gasteiger partial charge in [0, 0.05) is 5.92 Å². The molecular weight excluding hydrogens is 363 g/mol. The maximum absolute atomic E-state index is 12.8. The van der Waals surface area contributed by atoms with Crippen LogP contribution in [0.4, 0.5) is 18.0 Å². The molecule has 8 heteroatoms. The lowest BCUT2D eigenvalue weighted by Crippen LogP contribution is -2.47. The molecule has 0 fully saturated rings. The Morgan fingerprint density at radius 3 is 2.07 bits per heavy atom. The molecule has 0 aliphatic carbocycles. The van der Waals surface area contributed by atoms with E-state index in [2.05, 4.69) is 5.32 Å². The van der Waals surface area contributed by atoms with Crippen LogP contribution in [-0.2, 0) is 20.4 Å². The van der Waals surface area contributed by atoms with Crippen LogP contribution in [0.1, 0.15) is 44.7 Å². The van der Waals surface area contributed by atoms with Gasteiger partial charge in [0.05, 0.1) is 12.7 Å². The van der Waals surface area contributed by atoms with E-state index in [1.54, 1.807) is 39.8 Å². The summed E-state index contributed by atoms with van der Waals surface area (Å²) in [7, 11) is 1.16. The van der Waals surface area contributed by atoms with Crippen molar-refractivity contribution in [1.29, 1.82) is 0 Å². The smallest absolute Gasteiger partial charge is 0.416 e. The zero-order chi connectivity index (χ0) is 20.8. The third kappa shape index (κ3) is 6.96. The van der Waals surface area contributed by atoms with E-state index in [1.165, 1.54) is 12.1 Å². The minimum atomic E-state index is -4.47. The highest BCUT2D eigenvalue weighted by molar-refractivity contribution is 5.83. The summed E-state index contributed by atoms with van der Waals surface area (Å²) in [5.41, 5.74) is -1.18. The summed E-state index contributed by atoms with van der Waals surface area (Å²) < 4.78 is 48.2. The largest absolute Gasteiger partial charge is 0.467 e. The maximum atomic E-state index is 12.8. The van der Waals surface area contributed by atoms with E-state index in [1.807, 2.05) is 0 Å². The molecule has 0 bridgehead atoms. The predicted octanol–water partition coefficient (Wildman–Crippen LogP) is 4.43. The molecule has 0 saturated carbocycles. The lowest BCUT2D eigenvalue weighted by atomic mass is 9.90. The van der Waals surface area contributed by atoms with Crippen molar-refractivity contribution >= 4 is 12.1 Å². The van der Waals surface area contributed by atoms with Gasteiger partial charge in [0.15, 0.2) is 0 Å². The second kappa shape index (κ2) is 8.92. The van der Waals surface area contributed by atoms with Gasteiger partial charge in [0.1, 0.15) is 11.6 Å². The van der Waals surface area contributed by atoms with Crippen molar-refractivity contribution in [3.8, 4) is 0 Å². The number of alkyl carbamates (subject to hydrolysis) is 1. The number of esters is 1. The number of ether oxygens (including phenoxy) is 2. The quantitative estimate of drug-likeness (QED) is 0.600. The first kappa shape index (κ1) is 22.5. The van der Waals surface area contributed by atoms with Gasteiger partial charge in [0.2, 0.25) is 0 Å². The molecule has 0 saturated heterocycles. The molecule has 0 aliphatic rings. The van der Waals surface area contributed by atoms with Crippen LogP contribution < -0.4 is 5.32 Å². The average Bonchev–Trinajstić information content (AvgIpc) is 2.55. The van der Waals surface area contributed by atoms with Crippen molar-refractivity contribution in [2.45, 2.75) is 51.4 Å². The highest BCUT2D eigenvalue weighted by Gasteiger charge is 2.34. The number of alkyl halides is 3. The highest BCUT2D eigenvalue weighted by atomic mass is 19.4. The number of hydrogen-bond donors (Lipinski definition) is 1. The number of allylic oxidation sites excluding steroid dienone is 1. The van der Waals surface area contributed by atoms with Gasteiger partial charge < -0.3 is 14.8 Å². The first-order chi connectivity index (χ1) is 12.4. The minimum absolute atomic E-state index is 0.410. The van der Waals surface area contributed by atoms with E-state index in [9.17, 15) is 22.8 Å². The van der Waals surface area contributed by atoms with Crippen LogP contribution in [0.3, 0.4) is 0 Å². The first-order valence-electron chi connectivity index (χ1n) is 8.26. The lowest BCUT2D eigenvalue weighted by Gasteiger charge is -2.26. The molecule has 0 aromatic heterocycles. The molecule has 0 aliphatic heterocycles. The Morgan fingerprint density at radius 1 is 1.11 bits per heavy atom. The number of rotatable bonds is 5. The zero-order valence-corrected chi connectivity index (χ0v) is 15.9. The number of benzene rings is 1. The third-order valence-electron chi connectivity index (χ3n) is 3.51. The summed E-state index contributed by atoms with van der Waals surface area (Å²) in [6, 6.07) is 3.21. The predicted molar refractivity (Wildman–Crippen MR) is 94.2 cm³/mol. The Morgan fingerprint density at radius 2 is 1.67 bits per heavy atom. The van der Waals surface area contributed by atoms with Crippen LogP contribution in [0.15, 0.2) is 36.4 Å². The number of amides is 1. The van der Waals surface area contributed by atoms with Gasteiger partial charge in [-0.1, -0.05) is 24.3 Å². The fourth-order valence-electron chi connectivity index (χ4n) is 2.37. The van der Waals surface area contributed by atoms with E-state index < -0.39 is 41.4 Å². The summed E-state index contributed by atoms with van der Waals surface area (Å²) in [6.45, 7) is 6.69. The Labute approximate surface area is 156 Å². The van der Waals surface area contributed by atoms with E-state index in [4.69, 9.17) is 9.47 Å². The first-order valence-corrected chi connectivity index (χ1v) is 8.26. The van der Waals surface area contributed by atoms with Gasteiger partial charge in [0.25, 0.3) is 0 Å². The van der Waals surface area contributed by atoms with Gasteiger partial charge in [-0.15, -0.1) is 0 Å². The van der Waals surface area contributed by atoms with Crippen molar-refractivity contribution in [1.82, 2.24) is 5.32 Å². The van der Waals surface area contributed by atoms with E-state index in [-0.39, 0.29) is 0 Å². The molecule has 1 amide bonds. The standard InChI is InChI=1S/C19H24F3NO4/c1-6-7-14(12-8-10-13(11-9-12)19(20,21)22)15(16(24)26-5)23-17(25)27-18(2,3)4/h6-11,14-15H,1-5H3,(H,23,25)/b7-6+/t14-,15-/m0/s1. The van der Waals surface area contributed by atoms with E-state index >= 15 is 0 Å². The molecule has 5 nitrogen and oxygen atoms in total. The number of carbonyl (C=O) groups excluding carboxylic acids is 2. The second-order valence-electron chi connectivity index (χ2n) is 6.82. The van der Waals surface area contributed by atoms with Crippen molar-refractivity contribution in [2.24, 2.45) is 0 Å². The van der Waals surface area contributed by atoms with Crippen molar-refractivity contribution in [3.05, 3.63) is 47.5 Å². The van der Waals surface area contributed by atoms with Gasteiger partial charge >= 0.3 is 18.2 Å².